The van der Waals surface area contributed by atoms with Crippen LogP contribution in [0.15, 0.2) is 24.3 Å². The summed E-state index contributed by atoms with van der Waals surface area (Å²) >= 11 is 16.5. The van der Waals surface area contributed by atoms with E-state index in [4.69, 9.17) is 23.2 Å². The molecule has 0 nitrogen and oxygen atoms in total. The van der Waals surface area contributed by atoms with Crippen LogP contribution in [-0.2, 0) is 6.42 Å². The molecule has 0 aliphatic carbocycles. The molecule has 1 atom stereocenters. The van der Waals surface area contributed by atoms with Gasteiger partial charge >= 0.3 is 0 Å². The molecule has 96 valence electrons. The van der Waals surface area contributed by atoms with E-state index < -0.39 is 11.6 Å². The van der Waals surface area contributed by atoms with Crippen molar-refractivity contribution in [1.82, 2.24) is 0 Å². The monoisotopic (exact) mass is 370 g/mol. The highest BCUT2D eigenvalue weighted by Gasteiger charge is 2.19. The Morgan fingerprint density at radius 1 is 1.22 bits per heavy atom. The first kappa shape index (κ1) is 14.3. The number of benzene rings is 1. The Morgan fingerprint density at radius 3 is 2.33 bits per heavy atom. The van der Waals surface area contributed by atoms with Crippen LogP contribution < -0.4 is 0 Å². The van der Waals surface area contributed by atoms with Gasteiger partial charge in [0.25, 0.3) is 0 Å². The Bertz CT molecular complexity index is 551. The number of rotatable bonds is 3. The minimum Gasteiger partial charge on any atom is -0.207 e. The molecule has 0 aliphatic rings. The summed E-state index contributed by atoms with van der Waals surface area (Å²) < 4.78 is 28.1. The largest absolute Gasteiger partial charge is 0.207 e. The normalized spacial score (nSPS) is 12.7. The van der Waals surface area contributed by atoms with Gasteiger partial charge in [-0.15, -0.1) is 11.3 Å². The zero-order chi connectivity index (χ0) is 13.3. The highest BCUT2D eigenvalue weighted by Crippen LogP contribution is 2.40. The Hall–Kier alpha value is -0.160. The van der Waals surface area contributed by atoms with E-state index in [-0.39, 0.29) is 16.8 Å². The number of alkyl halides is 1. The minimum absolute atomic E-state index is 0.0396. The summed E-state index contributed by atoms with van der Waals surface area (Å²) in [6.07, 6.45) is 0.172. The van der Waals surface area contributed by atoms with Gasteiger partial charge in [-0.25, -0.2) is 8.78 Å². The molecule has 18 heavy (non-hydrogen) atoms. The maximum atomic E-state index is 13.5. The van der Waals surface area contributed by atoms with Gasteiger partial charge in [0, 0.05) is 10.4 Å². The highest BCUT2D eigenvalue weighted by atomic mass is 79.9. The predicted octanol–water partition coefficient (Wildman–Crippen LogP) is 6.01. The summed E-state index contributed by atoms with van der Waals surface area (Å²) in [5.41, 5.74) is 0.784. The molecule has 0 spiro atoms. The molecule has 1 aromatic heterocycles. The van der Waals surface area contributed by atoms with Crippen molar-refractivity contribution < 1.29 is 8.78 Å². The zero-order valence-corrected chi connectivity index (χ0v) is 12.8. The van der Waals surface area contributed by atoms with Crippen LogP contribution in [0.25, 0.3) is 0 Å². The Kier molecular flexibility index (Phi) is 4.64. The summed E-state index contributed by atoms with van der Waals surface area (Å²) in [5, 5.41) is 0. The maximum Gasteiger partial charge on any atom is 0.129 e. The summed E-state index contributed by atoms with van der Waals surface area (Å²) in [6, 6.07) is 5.51. The van der Waals surface area contributed by atoms with Crippen molar-refractivity contribution in [3.05, 3.63) is 55.7 Å². The number of thiophene rings is 1. The van der Waals surface area contributed by atoms with E-state index in [0.717, 1.165) is 5.56 Å². The van der Waals surface area contributed by atoms with Gasteiger partial charge in [0.1, 0.15) is 11.6 Å². The van der Waals surface area contributed by atoms with E-state index in [2.05, 4.69) is 15.9 Å². The molecular formula is C12H7BrCl2F2S. The first-order valence-electron chi connectivity index (χ1n) is 5.00. The van der Waals surface area contributed by atoms with Crippen molar-refractivity contribution >= 4 is 50.5 Å². The van der Waals surface area contributed by atoms with Crippen LogP contribution in [0.1, 0.15) is 16.0 Å². The van der Waals surface area contributed by atoms with Crippen LogP contribution in [0.3, 0.4) is 0 Å². The Labute approximate surface area is 126 Å². The lowest BCUT2D eigenvalue weighted by atomic mass is 10.1. The van der Waals surface area contributed by atoms with Crippen molar-refractivity contribution in [1.29, 1.82) is 0 Å². The molecule has 0 radical (unpaired) electrons. The molecule has 0 bridgehead atoms. The van der Waals surface area contributed by atoms with Crippen LogP contribution in [0.2, 0.25) is 8.67 Å². The van der Waals surface area contributed by atoms with E-state index in [1.807, 2.05) is 0 Å². The third-order valence-electron chi connectivity index (χ3n) is 2.47. The van der Waals surface area contributed by atoms with Gasteiger partial charge in [-0.1, -0.05) is 45.2 Å². The predicted molar refractivity (Wildman–Crippen MR) is 76.1 cm³/mol. The molecule has 1 unspecified atom stereocenters. The SMILES string of the molecule is Fc1cccc(F)c1CC(Br)c1cc(Cl)sc1Cl. The van der Waals surface area contributed by atoms with Gasteiger partial charge in [0.15, 0.2) is 0 Å². The zero-order valence-electron chi connectivity index (χ0n) is 8.89. The van der Waals surface area contributed by atoms with Gasteiger partial charge in [0.05, 0.1) is 8.67 Å². The number of halogens is 5. The summed E-state index contributed by atoms with van der Waals surface area (Å²) in [6.45, 7) is 0. The average Bonchev–Trinajstić information content (AvgIpc) is 2.63. The van der Waals surface area contributed by atoms with E-state index >= 15 is 0 Å². The highest BCUT2D eigenvalue weighted by molar-refractivity contribution is 9.09. The van der Waals surface area contributed by atoms with Gasteiger partial charge in [-0.2, -0.15) is 0 Å². The lowest BCUT2D eigenvalue weighted by Gasteiger charge is -2.10. The number of hydrogen-bond donors (Lipinski definition) is 0. The van der Waals surface area contributed by atoms with Crippen molar-refractivity contribution in [2.45, 2.75) is 11.2 Å². The van der Waals surface area contributed by atoms with Crippen LogP contribution >= 0.6 is 50.5 Å². The molecule has 0 saturated heterocycles. The molecule has 1 heterocycles. The molecule has 2 rings (SSSR count). The summed E-state index contributed by atoms with van der Waals surface area (Å²) in [5.74, 6) is -1.12. The van der Waals surface area contributed by atoms with Crippen LogP contribution in [-0.4, -0.2) is 0 Å². The molecule has 6 heteroatoms. The molecule has 0 fully saturated rings. The molecule has 0 aliphatic heterocycles. The smallest absolute Gasteiger partial charge is 0.129 e. The third kappa shape index (κ3) is 3.05. The molecular weight excluding hydrogens is 365 g/mol. The fraction of sp³-hybridized carbons (Fsp3) is 0.167. The van der Waals surface area contributed by atoms with Gasteiger partial charge < -0.3 is 0 Å². The van der Waals surface area contributed by atoms with E-state index in [0.29, 0.717) is 8.67 Å². The third-order valence-corrected chi connectivity index (χ3v) is 4.80. The van der Waals surface area contributed by atoms with Crippen molar-refractivity contribution in [2.24, 2.45) is 0 Å². The van der Waals surface area contributed by atoms with Crippen LogP contribution in [0, 0.1) is 11.6 Å². The lowest BCUT2D eigenvalue weighted by molar-refractivity contribution is 0.554. The first-order valence-corrected chi connectivity index (χ1v) is 7.49. The molecule has 1 aromatic carbocycles. The fourth-order valence-corrected chi connectivity index (χ4v) is 4.13. The Morgan fingerprint density at radius 2 is 1.83 bits per heavy atom. The van der Waals surface area contributed by atoms with E-state index in [1.54, 1.807) is 6.07 Å². The summed E-state index contributed by atoms with van der Waals surface area (Å²) in [7, 11) is 0. The molecule has 2 aromatic rings. The van der Waals surface area contributed by atoms with Crippen molar-refractivity contribution in [3.8, 4) is 0 Å². The quantitative estimate of drug-likeness (QED) is 0.579. The maximum absolute atomic E-state index is 13.5. The van der Waals surface area contributed by atoms with Gasteiger partial charge in [-0.3, -0.25) is 0 Å². The fourth-order valence-electron chi connectivity index (χ4n) is 1.58. The van der Waals surface area contributed by atoms with Crippen molar-refractivity contribution in [2.75, 3.05) is 0 Å². The second kappa shape index (κ2) is 5.87. The van der Waals surface area contributed by atoms with E-state index in [9.17, 15) is 8.78 Å². The second-order valence-electron chi connectivity index (χ2n) is 3.65. The van der Waals surface area contributed by atoms with Gasteiger partial charge in [-0.05, 0) is 30.2 Å². The molecule has 0 amide bonds. The first-order chi connectivity index (χ1) is 8.49. The average molecular weight is 372 g/mol. The van der Waals surface area contributed by atoms with Crippen LogP contribution in [0.4, 0.5) is 8.78 Å². The topological polar surface area (TPSA) is 0 Å². The Balaban J connectivity index is 2.26. The minimum atomic E-state index is -0.558. The summed E-state index contributed by atoms with van der Waals surface area (Å²) in [4.78, 5) is -0.278. The number of hydrogen-bond acceptors (Lipinski definition) is 1. The lowest BCUT2D eigenvalue weighted by Crippen LogP contribution is -2.00. The van der Waals surface area contributed by atoms with Gasteiger partial charge in [0.2, 0.25) is 0 Å². The second-order valence-corrected chi connectivity index (χ2v) is 7.04. The standard InChI is InChI=1S/C12H7BrCl2F2S/c13-8(6-5-11(14)18-12(6)15)4-7-9(16)2-1-3-10(7)17/h1-3,5,8H,4H2. The van der Waals surface area contributed by atoms with Crippen molar-refractivity contribution in [3.63, 3.8) is 0 Å². The van der Waals surface area contributed by atoms with E-state index in [1.165, 1.54) is 29.5 Å². The molecule has 0 N–H and O–H groups in total. The van der Waals surface area contributed by atoms with Crippen LogP contribution in [0.5, 0.6) is 0 Å². The molecule has 0 saturated carbocycles.